The molecule has 0 amide bonds. The van der Waals surface area contributed by atoms with Gasteiger partial charge < -0.3 is 4.42 Å². The number of fused-ring (bicyclic) bond motifs is 1. The summed E-state index contributed by atoms with van der Waals surface area (Å²) in [5, 5.41) is 11.3. The van der Waals surface area contributed by atoms with Gasteiger partial charge in [-0.25, -0.2) is 4.98 Å². The molecule has 4 rings (SSSR count). The van der Waals surface area contributed by atoms with Crippen molar-refractivity contribution in [3.05, 3.63) is 75.4 Å². The van der Waals surface area contributed by atoms with Crippen LogP contribution in [0.15, 0.2) is 59.0 Å². The van der Waals surface area contributed by atoms with Gasteiger partial charge in [0.25, 0.3) is 0 Å². The molecule has 0 spiro atoms. The van der Waals surface area contributed by atoms with Crippen LogP contribution in [0.3, 0.4) is 0 Å². The second kappa shape index (κ2) is 6.97. The topological polar surface area (TPSA) is 49.8 Å². The Morgan fingerprint density at radius 2 is 1.85 bits per heavy atom. The van der Waals surface area contributed by atoms with E-state index in [1.165, 1.54) is 11.3 Å². The molecule has 0 radical (unpaired) electrons. The van der Waals surface area contributed by atoms with Crippen LogP contribution in [0.2, 0.25) is 10.0 Å². The molecule has 0 bridgehead atoms. The van der Waals surface area contributed by atoms with Gasteiger partial charge >= 0.3 is 0 Å². The average molecular weight is 397 g/mol. The minimum Gasteiger partial charge on any atom is -0.457 e. The summed E-state index contributed by atoms with van der Waals surface area (Å²) in [4.78, 5) is 4.52. The molecule has 0 saturated carbocycles. The lowest BCUT2D eigenvalue weighted by Gasteiger charge is -1.99. The molecule has 0 aliphatic carbocycles. The third kappa shape index (κ3) is 3.38. The first-order chi connectivity index (χ1) is 12.6. The van der Waals surface area contributed by atoms with E-state index in [0.29, 0.717) is 32.1 Å². The van der Waals surface area contributed by atoms with Crippen LogP contribution in [0.25, 0.3) is 33.2 Å². The quantitative estimate of drug-likeness (QED) is 0.352. The highest BCUT2D eigenvalue weighted by Crippen LogP contribution is 2.31. The van der Waals surface area contributed by atoms with E-state index >= 15 is 0 Å². The van der Waals surface area contributed by atoms with Crippen molar-refractivity contribution in [3.8, 4) is 17.4 Å². The number of rotatable bonds is 3. The summed E-state index contributed by atoms with van der Waals surface area (Å²) >= 11 is 13.6. The van der Waals surface area contributed by atoms with Crippen LogP contribution in [0, 0.1) is 11.3 Å². The molecule has 0 aliphatic heterocycles. The van der Waals surface area contributed by atoms with Gasteiger partial charge in [0.1, 0.15) is 22.6 Å². The first-order valence-corrected chi connectivity index (χ1v) is 9.24. The van der Waals surface area contributed by atoms with Crippen molar-refractivity contribution in [2.75, 3.05) is 0 Å². The number of furan rings is 1. The third-order valence-corrected chi connectivity index (χ3v) is 5.21. The molecule has 0 unspecified atom stereocenters. The van der Waals surface area contributed by atoms with E-state index in [1.54, 1.807) is 30.3 Å². The summed E-state index contributed by atoms with van der Waals surface area (Å²) in [6, 6.07) is 18.8. The molecule has 0 N–H and O–H groups in total. The highest BCUT2D eigenvalue weighted by molar-refractivity contribution is 7.19. The smallest absolute Gasteiger partial charge is 0.135 e. The van der Waals surface area contributed by atoms with E-state index in [4.69, 9.17) is 27.6 Å². The van der Waals surface area contributed by atoms with Gasteiger partial charge in [-0.15, -0.1) is 11.3 Å². The van der Waals surface area contributed by atoms with E-state index in [1.807, 2.05) is 30.3 Å². The maximum atomic E-state index is 9.53. The van der Waals surface area contributed by atoms with E-state index in [-0.39, 0.29) is 0 Å². The number of nitrogens with zero attached hydrogens (tertiary/aromatic N) is 2. The molecule has 0 saturated heterocycles. The van der Waals surface area contributed by atoms with Gasteiger partial charge in [-0.2, -0.15) is 5.26 Å². The zero-order valence-corrected chi connectivity index (χ0v) is 15.6. The van der Waals surface area contributed by atoms with E-state index in [9.17, 15) is 5.26 Å². The van der Waals surface area contributed by atoms with Crippen molar-refractivity contribution in [3.63, 3.8) is 0 Å². The highest BCUT2D eigenvalue weighted by atomic mass is 35.5. The molecule has 2 heterocycles. The summed E-state index contributed by atoms with van der Waals surface area (Å²) in [6.07, 6.45) is 1.69. The van der Waals surface area contributed by atoms with Crippen molar-refractivity contribution in [1.29, 1.82) is 5.26 Å². The summed E-state index contributed by atoms with van der Waals surface area (Å²) in [7, 11) is 0. The zero-order valence-electron chi connectivity index (χ0n) is 13.2. The van der Waals surface area contributed by atoms with Crippen LogP contribution >= 0.6 is 34.5 Å². The number of hydrogen-bond donors (Lipinski definition) is 0. The van der Waals surface area contributed by atoms with Crippen LogP contribution in [0.4, 0.5) is 0 Å². The Hall–Kier alpha value is -2.58. The SMILES string of the molecule is N#CC(=Cc1ccc(-c2cc(Cl)cc(Cl)c2)o1)c1nc2ccccc2s1. The van der Waals surface area contributed by atoms with Crippen molar-refractivity contribution in [2.24, 2.45) is 0 Å². The lowest BCUT2D eigenvalue weighted by Crippen LogP contribution is -1.79. The van der Waals surface area contributed by atoms with Gasteiger partial charge in [0.2, 0.25) is 0 Å². The van der Waals surface area contributed by atoms with E-state index in [2.05, 4.69) is 11.1 Å². The fourth-order valence-corrected chi connectivity index (χ4v) is 4.01. The third-order valence-electron chi connectivity index (χ3n) is 3.71. The fourth-order valence-electron chi connectivity index (χ4n) is 2.55. The van der Waals surface area contributed by atoms with Crippen LogP contribution in [0.1, 0.15) is 10.8 Å². The van der Waals surface area contributed by atoms with Crippen LogP contribution in [-0.2, 0) is 0 Å². The molecule has 3 nitrogen and oxygen atoms in total. The van der Waals surface area contributed by atoms with Gasteiger partial charge in [-0.05, 0) is 42.5 Å². The minimum absolute atomic E-state index is 0.455. The standard InChI is InChI=1S/C20H10Cl2N2OS/c21-14-7-12(8-15(22)10-14)18-6-5-16(25-18)9-13(11-23)20-24-17-3-1-2-4-19(17)26-20/h1-10H. The molecule has 26 heavy (non-hydrogen) atoms. The predicted molar refractivity (Wildman–Crippen MR) is 107 cm³/mol. The summed E-state index contributed by atoms with van der Waals surface area (Å²) in [5.74, 6) is 1.19. The minimum atomic E-state index is 0.455. The Morgan fingerprint density at radius 3 is 2.58 bits per heavy atom. The first kappa shape index (κ1) is 16.9. The Labute approximate surface area is 163 Å². The number of thiazole rings is 1. The number of nitriles is 1. The molecule has 6 heteroatoms. The molecule has 2 aromatic carbocycles. The molecule has 2 aromatic heterocycles. The highest BCUT2D eigenvalue weighted by Gasteiger charge is 2.11. The van der Waals surface area contributed by atoms with Crippen molar-refractivity contribution < 1.29 is 4.42 Å². The number of para-hydroxylation sites is 1. The Bertz CT molecular complexity index is 1130. The van der Waals surface area contributed by atoms with Gasteiger partial charge in [-0.1, -0.05) is 35.3 Å². The lowest BCUT2D eigenvalue weighted by atomic mass is 10.2. The second-order valence-corrected chi connectivity index (χ2v) is 7.42. The zero-order chi connectivity index (χ0) is 18.1. The molecular formula is C20H10Cl2N2OS. The van der Waals surface area contributed by atoms with Crippen LogP contribution < -0.4 is 0 Å². The second-order valence-electron chi connectivity index (χ2n) is 5.52. The van der Waals surface area contributed by atoms with Gasteiger partial charge in [0.05, 0.1) is 15.8 Å². The fraction of sp³-hybridized carbons (Fsp3) is 0. The molecular weight excluding hydrogens is 387 g/mol. The van der Waals surface area contributed by atoms with Crippen LogP contribution in [-0.4, -0.2) is 4.98 Å². The van der Waals surface area contributed by atoms with Crippen molar-refractivity contribution in [1.82, 2.24) is 4.98 Å². The maximum Gasteiger partial charge on any atom is 0.135 e. The normalized spacial score (nSPS) is 11.7. The van der Waals surface area contributed by atoms with Gasteiger partial charge in [-0.3, -0.25) is 0 Å². The van der Waals surface area contributed by atoms with E-state index in [0.717, 1.165) is 15.8 Å². The van der Waals surface area contributed by atoms with Crippen LogP contribution in [0.5, 0.6) is 0 Å². The predicted octanol–water partition coefficient (Wildman–Crippen LogP) is 6.93. The first-order valence-electron chi connectivity index (χ1n) is 7.66. The Kier molecular flexibility index (Phi) is 4.52. The van der Waals surface area contributed by atoms with Gasteiger partial charge in [0, 0.05) is 21.7 Å². The molecule has 126 valence electrons. The average Bonchev–Trinajstić information content (AvgIpc) is 3.25. The maximum absolute atomic E-state index is 9.53. The number of aromatic nitrogens is 1. The Morgan fingerprint density at radius 1 is 1.08 bits per heavy atom. The summed E-state index contributed by atoms with van der Waals surface area (Å²) in [5.41, 5.74) is 2.11. The number of halogens is 2. The van der Waals surface area contributed by atoms with Gasteiger partial charge in [0.15, 0.2) is 0 Å². The number of hydrogen-bond acceptors (Lipinski definition) is 4. The number of benzene rings is 2. The summed E-state index contributed by atoms with van der Waals surface area (Å²) < 4.78 is 6.88. The molecule has 0 atom stereocenters. The largest absolute Gasteiger partial charge is 0.457 e. The molecule has 0 aliphatic rings. The lowest BCUT2D eigenvalue weighted by molar-refractivity contribution is 0.572. The number of allylic oxidation sites excluding steroid dienone is 1. The Balaban J connectivity index is 1.70. The molecule has 0 fully saturated rings. The van der Waals surface area contributed by atoms with Crippen molar-refractivity contribution in [2.45, 2.75) is 0 Å². The molecule has 4 aromatic rings. The summed E-state index contributed by atoms with van der Waals surface area (Å²) in [6.45, 7) is 0. The monoisotopic (exact) mass is 396 g/mol. The van der Waals surface area contributed by atoms with E-state index < -0.39 is 0 Å². The van der Waals surface area contributed by atoms with Crippen molar-refractivity contribution >= 4 is 56.4 Å².